The second-order valence-corrected chi connectivity index (χ2v) is 5.98. The van der Waals surface area contributed by atoms with Gasteiger partial charge in [0.1, 0.15) is 0 Å². The Morgan fingerprint density at radius 3 is 2.80 bits per heavy atom. The van der Waals surface area contributed by atoms with Crippen LogP contribution in [0, 0.1) is 13.8 Å². The number of carbonyl (C=O) groups excluding carboxylic acids is 1. The molecule has 0 unspecified atom stereocenters. The number of thioether (sulfide) groups is 1. The van der Waals surface area contributed by atoms with E-state index >= 15 is 0 Å². The van der Waals surface area contributed by atoms with Crippen LogP contribution in [0.1, 0.15) is 24.2 Å². The predicted molar refractivity (Wildman–Crippen MR) is 76.8 cm³/mol. The van der Waals surface area contributed by atoms with Crippen LogP contribution in [0.5, 0.6) is 0 Å². The van der Waals surface area contributed by atoms with E-state index in [0.717, 1.165) is 42.5 Å². The molecule has 0 radical (unpaired) electrons. The highest BCUT2D eigenvalue weighted by atomic mass is 32.2. The number of hydrogen-bond donors (Lipinski definition) is 0. The summed E-state index contributed by atoms with van der Waals surface area (Å²) in [5, 5.41) is 8.94. The molecule has 0 atom stereocenters. The molecule has 2 aromatic heterocycles. The number of likely N-dealkylation sites (tertiary alicyclic amines) is 1. The monoisotopic (exact) mass is 291 g/mol. The molecule has 1 aliphatic heterocycles. The first kappa shape index (κ1) is 13.4. The molecule has 106 valence electrons. The minimum atomic E-state index is 0.182. The van der Waals surface area contributed by atoms with Crippen LogP contribution in [-0.4, -0.2) is 49.2 Å². The van der Waals surface area contributed by atoms with Crippen LogP contribution >= 0.6 is 11.8 Å². The highest BCUT2D eigenvalue weighted by Crippen LogP contribution is 2.20. The van der Waals surface area contributed by atoms with E-state index < -0.39 is 0 Å². The molecule has 0 N–H and O–H groups in total. The molecule has 1 aliphatic rings. The molecule has 6 nitrogen and oxygen atoms in total. The molecular formula is C13H17N5OS. The number of amides is 1. The first-order chi connectivity index (χ1) is 9.65. The van der Waals surface area contributed by atoms with Crippen LogP contribution in [0.15, 0.2) is 11.2 Å². The standard InChI is InChI=1S/C13H17N5OS/c1-9-7-10(2)18-12(14-9)15-16-13(18)20-8-11(19)17-5-3-4-6-17/h7H,3-6,8H2,1-2H3. The van der Waals surface area contributed by atoms with Crippen LogP contribution in [0.2, 0.25) is 0 Å². The van der Waals surface area contributed by atoms with Gasteiger partial charge in [-0.25, -0.2) is 4.98 Å². The Balaban J connectivity index is 1.76. The second-order valence-electron chi connectivity index (χ2n) is 5.03. The Bertz CT molecular complexity index is 647. The van der Waals surface area contributed by atoms with Crippen molar-refractivity contribution in [1.29, 1.82) is 0 Å². The number of hydrogen-bond acceptors (Lipinski definition) is 5. The van der Waals surface area contributed by atoms with Gasteiger partial charge >= 0.3 is 0 Å². The van der Waals surface area contributed by atoms with Gasteiger partial charge in [-0.15, -0.1) is 10.2 Å². The fourth-order valence-electron chi connectivity index (χ4n) is 2.48. The van der Waals surface area contributed by atoms with Gasteiger partial charge in [-0.3, -0.25) is 9.20 Å². The maximum atomic E-state index is 12.0. The highest BCUT2D eigenvalue weighted by molar-refractivity contribution is 7.99. The summed E-state index contributed by atoms with van der Waals surface area (Å²) in [6, 6.07) is 1.99. The van der Waals surface area contributed by atoms with Gasteiger partial charge in [0.25, 0.3) is 5.78 Å². The Morgan fingerprint density at radius 1 is 1.30 bits per heavy atom. The zero-order valence-electron chi connectivity index (χ0n) is 11.7. The summed E-state index contributed by atoms with van der Waals surface area (Å²) in [7, 11) is 0. The van der Waals surface area contributed by atoms with Gasteiger partial charge in [-0.2, -0.15) is 0 Å². The van der Waals surface area contributed by atoms with E-state index in [2.05, 4.69) is 15.2 Å². The third kappa shape index (κ3) is 2.49. The fourth-order valence-corrected chi connectivity index (χ4v) is 3.37. The molecule has 0 aliphatic carbocycles. The van der Waals surface area contributed by atoms with E-state index in [-0.39, 0.29) is 5.91 Å². The van der Waals surface area contributed by atoms with E-state index in [1.54, 1.807) is 0 Å². The number of fused-ring (bicyclic) bond motifs is 1. The summed E-state index contributed by atoms with van der Waals surface area (Å²) in [5.74, 6) is 1.19. The fraction of sp³-hybridized carbons (Fsp3) is 0.538. The molecule has 3 rings (SSSR count). The van der Waals surface area contributed by atoms with Gasteiger partial charge in [0.15, 0.2) is 5.16 Å². The normalized spacial score (nSPS) is 15.2. The largest absolute Gasteiger partial charge is 0.342 e. The van der Waals surface area contributed by atoms with Gasteiger partial charge in [-0.05, 0) is 32.8 Å². The van der Waals surface area contributed by atoms with Crippen molar-refractivity contribution < 1.29 is 4.79 Å². The molecule has 0 saturated carbocycles. The van der Waals surface area contributed by atoms with Crippen LogP contribution in [0.3, 0.4) is 0 Å². The lowest BCUT2D eigenvalue weighted by Crippen LogP contribution is -2.29. The topological polar surface area (TPSA) is 63.4 Å². The molecule has 0 spiro atoms. The van der Waals surface area contributed by atoms with E-state index in [1.807, 2.05) is 29.2 Å². The zero-order chi connectivity index (χ0) is 14.1. The molecule has 1 saturated heterocycles. The van der Waals surface area contributed by atoms with Crippen molar-refractivity contribution in [2.75, 3.05) is 18.8 Å². The number of aromatic nitrogens is 4. The molecule has 1 fully saturated rings. The van der Waals surface area contributed by atoms with Crippen molar-refractivity contribution in [1.82, 2.24) is 24.5 Å². The van der Waals surface area contributed by atoms with Gasteiger partial charge in [0, 0.05) is 24.5 Å². The molecular weight excluding hydrogens is 274 g/mol. The second kappa shape index (κ2) is 5.40. The van der Waals surface area contributed by atoms with Gasteiger partial charge in [-0.1, -0.05) is 11.8 Å². The van der Waals surface area contributed by atoms with Gasteiger partial charge in [0.05, 0.1) is 5.75 Å². The van der Waals surface area contributed by atoms with Crippen molar-refractivity contribution in [3.8, 4) is 0 Å². The minimum Gasteiger partial charge on any atom is -0.342 e. The Morgan fingerprint density at radius 2 is 2.05 bits per heavy atom. The molecule has 0 aromatic carbocycles. The maximum absolute atomic E-state index is 12.0. The summed E-state index contributed by atoms with van der Waals surface area (Å²) in [6.07, 6.45) is 2.24. The molecule has 7 heteroatoms. The minimum absolute atomic E-state index is 0.182. The maximum Gasteiger partial charge on any atom is 0.256 e. The summed E-state index contributed by atoms with van der Waals surface area (Å²) >= 11 is 1.43. The van der Waals surface area contributed by atoms with Crippen molar-refractivity contribution in [3.63, 3.8) is 0 Å². The molecule has 2 aromatic rings. The number of aryl methyl sites for hydroxylation is 2. The van der Waals surface area contributed by atoms with Crippen molar-refractivity contribution in [2.45, 2.75) is 31.8 Å². The molecule has 0 bridgehead atoms. The van der Waals surface area contributed by atoms with Crippen molar-refractivity contribution >= 4 is 23.4 Å². The van der Waals surface area contributed by atoms with E-state index in [4.69, 9.17) is 0 Å². The SMILES string of the molecule is Cc1cc(C)n2c(SCC(=O)N3CCCC3)nnc2n1. The van der Waals surface area contributed by atoms with Crippen molar-refractivity contribution in [2.24, 2.45) is 0 Å². The van der Waals surface area contributed by atoms with Crippen molar-refractivity contribution in [3.05, 3.63) is 17.5 Å². The lowest BCUT2D eigenvalue weighted by molar-refractivity contribution is -0.127. The molecule has 20 heavy (non-hydrogen) atoms. The predicted octanol–water partition coefficient (Wildman–Crippen LogP) is 1.46. The van der Waals surface area contributed by atoms with Gasteiger partial charge in [0.2, 0.25) is 5.91 Å². The Labute approximate surface area is 121 Å². The van der Waals surface area contributed by atoms with Gasteiger partial charge < -0.3 is 4.90 Å². The van der Waals surface area contributed by atoms with E-state index in [9.17, 15) is 4.79 Å². The average molecular weight is 291 g/mol. The van der Waals surface area contributed by atoms with E-state index in [0.29, 0.717) is 11.5 Å². The third-order valence-corrected chi connectivity index (χ3v) is 4.36. The summed E-state index contributed by atoms with van der Waals surface area (Å²) in [4.78, 5) is 18.3. The Hall–Kier alpha value is -1.63. The molecule has 1 amide bonds. The Kier molecular flexibility index (Phi) is 3.60. The first-order valence-electron chi connectivity index (χ1n) is 6.75. The average Bonchev–Trinajstić information content (AvgIpc) is 3.04. The van der Waals surface area contributed by atoms with E-state index in [1.165, 1.54) is 11.8 Å². The summed E-state index contributed by atoms with van der Waals surface area (Å²) < 4.78 is 1.90. The summed E-state index contributed by atoms with van der Waals surface area (Å²) in [6.45, 7) is 5.71. The quantitative estimate of drug-likeness (QED) is 0.801. The van der Waals surface area contributed by atoms with Crippen LogP contribution in [0.25, 0.3) is 5.78 Å². The lowest BCUT2D eigenvalue weighted by Gasteiger charge is -2.14. The third-order valence-electron chi connectivity index (χ3n) is 3.45. The molecule has 3 heterocycles. The smallest absolute Gasteiger partial charge is 0.256 e. The highest BCUT2D eigenvalue weighted by Gasteiger charge is 2.19. The first-order valence-corrected chi connectivity index (χ1v) is 7.73. The van der Waals surface area contributed by atoms with Crippen LogP contribution in [-0.2, 0) is 4.79 Å². The lowest BCUT2D eigenvalue weighted by atomic mass is 10.3. The summed E-state index contributed by atoms with van der Waals surface area (Å²) in [5.41, 5.74) is 1.96. The van der Waals surface area contributed by atoms with Crippen LogP contribution < -0.4 is 0 Å². The van der Waals surface area contributed by atoms with Crippen LogP contribution in [0.4, 0.5) is 0 Å². The zero-order valence-corrected chi connectivity index (χ0v) is 12.5. The number of carbonyl (C=O) groups is 1. The number of rotatable bonds is 3. The number of nitrogens with zero attached hydrogens (tertiary/aromatic N) is 5.